The smallest absolute Gasteiger partial charge is 0.165 e. The summed E-state index contributed by atoms with van der Waals surface area (Å²) in [6.45, 7) is 8.50. The molecule has 0 atom stereocenters. The van der Waals surface area contributed by atoms with E-state index in [1.165, 1.54) is 7.11 Å². The third kappa shape index (κ3) is 4.65. The van der Waals surface area contributed by atoms with E-state index in [2.05, 4.69) is 26.1 Å². The minimum absolute atomic E-state index is 0.121. The molecule has 0 aromatic heterocycles. The predicted molar refractivity (Wildman–Crippen MR) is 73.6 cm³/mol. The van der Waals surface area contributed by atoms with Crippen molar-refractivity contribution in [2.24, 2.45) is 5.41 Å². The van der Waals surface area contributed by atoms with Crippen molar-refractivity contribution >= 4 is 0 Å². The largest absolute Gasteiger partial charge is 0.494 e. The molecule has 0 amide bonds. The van der Waals surface area contributed by atoms with Crippen molar-refractivity contribution in [3.8, 4) is 5.75 Å². The van der Waals surface area contributed by atoms with Crippen LogP contribution in [-0.2, 0) is 6.42 Å². The third-order valence-electron chi connectivity index (χ3n) is 2.93. The molecule has 0 heterocycles. The summed E-state index contributed by atoms with van der Waals surface area (Å²) in [4.78, 5) is 0. The van der Waals surface area contributed by atoms with Crippen LogP contribution in [0.5, 0.6) is 5.75 Å². The lowest BCUT2D eigenvalue weighted by Crippen LogP contribution is -2.31. The van der Waals surface area contributed by atoms with Crippen LogP contribution in [-0.4, -0.2) is 20.2 Å². The molecule has 0 aliphatic carbocycles. The van der Waals surface area contributed by atoms with Crippen LogP contribution in [0.1, 0.15) is 32.8 Å². The van der Waals surface area contributed by atoms with Gasteiger partial charge in [0.15, 0.2) is 11.6 Å². The van der Waals surface area contributed by atoms with E-state index in [1.807, 2.05) is 6.07 Å². The van der Waals surface area contributed by atoms with Crippen LogP contribution >= 0.6 is 0 Å². The fourth-order valence-corrected chi connectivity index (χ4v) is 2.04. The van der Waals surface area contributed by atoms with Gasteiger partial charge in [0.25, 0.3) is 0 Å². The van der Waals surface area contributed by atoms with Crippen molar-refractivity contribution in [1.82, 2.24) is 5.32 Å². The molecular formula is C15H24FNO. The Balaban J connectivity index is 2.62. The molecule has 18 heavy (non-hydrogen) atoms. The maximum Gasteiger partial charge on any atom is 0.165 e. The number of hydrogen-bond acceptors (Lipinski definition) is 2. The van der Waals surface area contributed by atoms with Gasteiger partial charge in [-0.3, -0.25) is 0 Å². The number of ether oxygens (including phenoxy) is 1. The molecule has 1 aromatic carbocycles. The van der Waals surface area contributed by atoms with Gasteiger partial charge in [-0.05, 0) is 42.5 Å². The van der Waals surface area contributed by atoms with E-state index in [-0.39, 0.29) is 11.2 Å². The van der Waals surface area contributed by atoms with Gasteiger partial charge in [0.2, 0.25) is 0 Å². The molecular weight excluding hydrogens is 229 g/mol. The maximum absolute atomic E-state index is 13.6. The molecule has 102 valence electrons. The highest BCUT2D eigenvalue weighted by Crippen LogP contribution is 2.24. The highest BCUT2D eigenvalue weighted by atomic mass is 19.1. The Morgan fingerprint density at radius 1 is 1.33 bits per heavy atom. The molecule has 0 aliphatic heterocycles. The second-order valence-electron chi connectivity index (χ2n) is 5.49. The van der Waals surface area contributed by atoms with Crippen molar-refractivity contribution in [1.29, 1.82) is 0 Å². The SMILES string of the molecule is CCCNCC(C)(C)Cc1ccc(OC)c(F)c1. The summed E-state index contributed by atoms with van der Waals surface area (Å²) in [6, 6.07) is 5.20. The summed E-state index contributed by atoms with van der Waals surface area (Å²) in [6.07, 6.45) is 1.98. The first-order valence-electron chi connectivity index (χ1n) is 6.51. The second kappa shape index (κ2) is 6.74. The van der Waals surface area contributed by atoms with Gasteiger partial charge in [-0.1, -0.05) is 26.8 Å². The van der Waals surface area contributed by atoms with Crippen molar-refractivity contribution in [3.63, 3.8) is 0 Å². The summed E-state index contributed by atoms with van der Waals surface area (Å²) in [5.74, 6) is 0.0213. The molecule has 0 saturated carbocycles. The van der Waals surface area contributed by atoms with Crippen molar-refractivity contribution < 1.29 is 9.13 Å². The summed E-state index contributed by atoms with van der Waals surface area (Å²) >= 11 is 0. The van der Waals surface area contributed by atoms with Gasteiger partial charge >= 0.3 is 0 Å². The number of halogens is 1. The van der Waals surface area contributed by atoms with Gasteiger partial charge in [-0.25, -0.2) is 4.39 Å². The topological polar surface area (TPSA) is 21.3 Å². The zero-order valence-corrected chi connectivity index (χ0v) is 11.8. The van der Waals surface area contributed by atoms with E-state index in [0.29, 0.717) is 5.75 Å². The average Bonchev–Trinajstić information content (AvgIpc) is 2.29. The third-order valence-corrected chi connectivity index (χ3v) is 2.93. The molecule has 0 saturated heterocycles. The van der Waals surface area contributed by atoms with Gasteiger partial charge in [0.1, 0.15) is 0 Å². The molecule has 0 fully saturated rings. The minimum Gasteiger partial charge on any atom is -0.494 e. The number of rotatable bonds is 7. The first kappa shape index (κ1) is 15.0. The lowest BCUT2D eigenvalue weighted by molar-refractivity contribution is 0.337. The molecule has 1 rings (SSSR count). The molecule has 0 bridgehead atoms. The van der Waals surface area contributed by atoms with Gasteiger partial charge in [-0.2, -0.15) is 0 Å². The van der Waals surface area contributed by atoms with Crippen LogP contribution in [0.15, 0.2) is 18.2 Å². The number of benzene rings is 1. The number of methoxy groups -OCH3 is 1. The van der Waals surface area contributed by atoms with Crippen molar-refractivity contribution in [3.05, 3.63) is 29.6 Å². The van der Waals surface area contributed by atoms with E-state index < -0.39 is 0 Å². The molecule has 0 aliphatic rings. The summed E-state index contributed by atoms with van der Waals surface area (Å²) < 4.78 is 18.5. The van der Waals surface area contributed by atoms with Crippen molar-refractivity contribution in [2.45, 2.75) is 33.6 Å². The van der Waals surface area contributed by atoms with E-state index in [4.69, 9.17) is 4.74 Å². The maximum atomic E-state index is 13.6. The fourth-order valence-electron chi connectivity index (χ4n) is 2.04. The predicted octanol–water partition coefficient (Wildman–Crippen LogP) is 3.40. The molecule has 3 heteroatoms. The second-order valence-corrected chi connectivity index (χ2v) is 5.49. The Bertz CT molecular complexity index is 377. The van der Waals surface area contributed by atoms with Crippen LogP contribution in [0.3, 0.4) is 0 Å². The zero-order chi connectivity index (χ0) is 13.6. The Kier molecular flexibility index (Phi) is 5.60. The van der Waals surface area contributed by atoms with Crippen LogP contribution in [0, 0.1) is 11.2 Å². The van der Waals surface area contributed by atoms with Gasteiger partial charge in [0.05, 0.1) is 7.11 Å². The summed E-state index contributed by atoms with van der Waals surface area (Å²) in [5.41, 5.74) is 1.13. The normalized spacial score (nSPS) is 11.6. The molecule has 0 spiro atoms. The van der Waals surface area contributed by atoms with Crippen LogP contribution < -0.4 is 10.1 Å². The first-order chi connectivity index (χ1) is 8.48. The molecule has 2 nitrogen and oxygen atoms in total. The minimum atomic E-state index is -0.285. The van der Waals surface area contributed by atoms with E-state index in [9.17, 15) is 4.39 Å². The Hall–Kier alpha value is -1.09. The standard InChI is InChI=1S/C15H24FNO/c1-5-8-17-11-15(2,3)10-12-6-7-14(18-4)13(16)9-12/h6-7,9,17H,5,8,10-11H2,1-4H3. The first-order valence-corrected chi connectivity index (χ1v) is 6.51. The van der Waals surface area contributed by atoms with E-state index >= 15 is 0 Å². The van der Waals surface area contributed by atoms with Gasteiger partial charge in [0, 0.05) is 6.54 Å². The quantitative estimate of drug-likeness (QED) is 0.752. The van der Waals surface area contributed by atoms with Crippen LogP contribution in [0.2, 0.25) is 0 Å². The summed E-state index contributed by atoms with van der Waals surface area (Å²) in [7, 11) is 1.48. The molecule has 1 N–H and O–H groups in total. The number of nitrogens with one attached hydrogen (secondary N) is 1. The van der Waals surface area contributed by atoms with Gasteiger partial charge < -0.3 is 10.1 Å². The Morgan fingerprint density at radius 3 is 2.61 bits per heavy atom. The van der Waals surface area contributed by atoms with E-state index in [1.54, 1.807) is 12.1 Å². The molecule has 0 unspecified atom stereocenters. The van der Waals surface area contributed by atoms with Crippen LogP contribution in [0.4, 0.5) is 4.39 Å². The average molecular weight is 253 g/mol. The molecule has 1 aromatic rings. The van der Waals surface area contributed by atoms with E-state index in [0.717, 1.165) is 31.5 Å². The highest BCUT2D eigenvalue weighted by molar-refractivity contribution is 5.29. The lowest BCUT2D eigenvalue weighted by atomic mass is 9.85. The Morgan fingerprint density at radius 2 is 2.06 bits per heavy atom. The molecule has 0 radical (unpaired) electrons. The lowest BCUT2D eigenvalue weighted by Gasteiger charge is -2.25. The zero-order valence-electron chi connectivity index (χ0n) is 11.8. The van der Waals surface area contributed by atoms with Crippen LogP contribution in [0.25, 0.3) is 0 Å². The fraction of sp³-hybridized carbons (Fsp3) is 0.600. The monoisotopic (exact) mass is 253 g/mol. The van der Waals surface area contributed by atoms with Gasteiger partial charge in [-0.15, -0.1) is 0 Å². The number of hydrogen-bond donors (Lipinski definition) is 1. The summed E-state index contributed by atoms with van der Waals surface area (Å²) in [5, 5.41) is 3.41. The highest BCUT2D eigenvalue weighted by Gasteiger charge is 2.18. The van der Waals surface area contributed by atoms with Crippen molar-refractivity contribution in [2.75, 3.05) is 20.2 Å². The Labute approximate surface area is 110 Å².